The summed E-state index contributed by atoms with van der Waals surface area (Å²) in [6, 6.07) is 26.3. The largest absolute Gasteiger partial charge is 0.309 e. The van der Waals surface area contributed by atoms with Crippen LogP contribution in [0.2, 0.25) is 5.02 Å². The van der Waals surface area contributed by atoms with Crippen LogP contribution in [0.3, 0.4) is 0 Å². The van der Waals surface area contributed by atoms with Gasteiger partial charge in [-0.3, -0.25) is 4.79 Å². The second kappa shape index (κ2) is 9.45. The van der Waals surface area contributed by atoms with Crippen molar-refractivity contribution < 1.29 is 4.79 Å². The Balaban J connectivity index is 1.76. The lowest BCUT2D eigenvalue weighted by Gasteiger charge is -2.33. The van der Waals surface area contributed by atoms with Gasteiger partial charge in [-0.15, -0.1) is 0 Å². The molecule has 3 aromatic carbocycles. The summed E-state index contributed by atoms with van der Waals surface area (Å²) in [5.41, 5.74) is 3.51. The van der Waals surface area contributed by atoms with Crippen LogP contribution in [0.25, 0.3) is 0 Å². The Morgan fingerprint density at radius 2 is 1.53 bits per heavy atom. The van der Waals surface area contributed by atoms with Gasteiger partial charge in [0.15, 0.2) is 0 Å². The van der Waals surface area contributed by atoms with Gasteiger partial charge in [0.25, 0.3) is 5.91 Å². The summed E-state index contributed by atoms with van der Waals surface area (Å²) in [4.78, 5) is 16.5. The third-order valence-corrected chi connectivity index (χ3v) is 6.49. The molecule has 5 heteroatoms. The molecule has 3 aromatic rings. The van der Waals surface area contributed by atoms with Gasteiger partial charge in [-0.1, -0.05) is 72.3 Å². The maximum absolute atomic E-state index is 14.3. The Morgan fingerprint density at radius 3 is 2.22 bits per heavy atom. The molecule has 0 spiro atoms. The molecule has 166 valence electrons. The fourth-order valence-electron chi connectivity index (χ4n) is 4.74. The Morgan fingerprint density at radius 1 is 0.875 bits per heavy atom. The third kappa shape index (κ3) is 4.18. The third-order valence-electron chi connectivity index (χ3n) is 6.24. The lowest BCUT2D eigenvalue weighted by atomic mass is 9.72. The summed E-state index contributed by atoms with van der Waals surface area (Å²) in [5.74, 6) is 0.111. The molecular formula is C27H30ClN3O. The summed E-state index contributed by atoms with van der Waals surface area (Å²) in [6.45, 7) is 1.55. The lowest BCUT2D eigenvalue weighted by molar-refractivity contribution is -0.124. The number of fused-ring (bicyclic) bond motifs is 1. The first-order chi connectivity index (χ1) is 15.4. The van der Waals surface area contributed by atoms with Gasteiger partial charge in [-0.25, -0.2) is 10.0 Å². The van der Waals surface area contributed by atoms with E-state index in [2.05, 4.69) is 43.3 Å². The molecule has 4 rings (SSSR count). The number of hydrogen-bond acceptors (Lipinski definition) is 3. The predicted molar refractivity (Wildman–Crippen MR) is 132 cm³/mol. The maximum Gasteiger partial charge on any atom is 0.256 e. The normalized spacial score (nSPS) is 17.9. The minimum Gasteiger partial charge on any atom is -0.309 e. The molecule has 0 saturated heterocycles. The molecule has 1 aliphatic rings. The van der Waals surface area contributed by atoms with Gasteiger partial charge in [0.05, 0.1) is 5.69 Å². The molecule has 4 nitrogen and oxygen atoms in total. The van der Waals surface area contributed by atoms with Crippen molar-refractivity contribution in [2.75, 3.05) is 32.7 Å². The molecule has 0 radical (unpaired) electrons. The molecular weight excluding hydrogens is 418 g/mol. The summed E-state index contributed by atoms with van der Waals surface area (Å²) in [6.07, 6.45) is 1.69. The van der Waals surface area contributed by atoms with Crippen LogP contribution in [0.4, 0.5) is 5.69 Å². The lowest BCUT2D eigenvalue weighted by Crippen LogP contribution is -2.48. The predicted octanol–water partition coefficient (Wildman–Crippen LogP) is 5.36. The van der Waals surface area contributed by atoms with Crippen molar-refractivity contribution >= 4 is 23.2 Å². The van der Waals surface area contributed by atoms with Crippen molar-refractivity contribution in [1.29, 1.82) is 0 Å². The highest BCUT2D eigenvalue weighted by Gasteiger charge is 2.52. The van der Waals surface area contributed by atoms with E-state index >= 15 is 0 Å². The Hall–Kier alpha value is -2.66. The average molecular weight is 448 g/mol. The number of para-hydroxylation sites is 1. The minimum atomic E-state index is -0.692. The van der Waals surface area contributed by atoms with E-state index in [4.69, 9.17) is 11.6 Å². The quantitative estimate of drug-likeness (QED) is 0.465. The van der Waals surface area contributed by atoms with Crippen molar-refractivity contribution in [3.8, 4) is 0 Å². The number of benzene rings is 3. The van der Waals surface area contributed by atoms with E-state index in [9.17, 15) is 4.79 Å². The zero-order valence-corrected chi connectivity index (χ0v) is 19.7. The molecule has 0 bridgehead atoms. The highest BCUT2D eigenvalue weighted by atomic mass is 35.5. The molecule has 0 fully saturated rings. The molecule has 1 heterocycles. The van der Waals surface area contributed by atoms with Gasteiger partial charge < -0.3 is 4.90 Å². The van der Waals surface area contributed by atoms with Crippen LogP contribution >= 0.6 is 11.6 Å². The Bertz CT molecular complexity index is 1070. The number of nitrogens with zero attached hydrogens (tertiary/aromatic N) is 3. The zero-order valence-electron chi connectivity index (χ0n) is 19.0. The van der Waals surface area contributed by atoms with Crippen LogP contribution in [0, 0.1) is 0 Å². The van der Waals surface area contributed by atoms with Gasteiger partial charge in [-0.2, -0.15) is 0 Å². The van der Waals surface area contributed by atoms with Crippen molar-refractivity contribution in [2.24, 2.45) is 0 Å². The highest BCUT2D eigenvalue weighted by Crippen LogP contribution is 2.49. The number of halogens is 1. The van der Waals surface area contributed by atoms with Crippen molar-refractivity contribution in [1.82, 2.24) is 9.91 Å². The van der Waals surface area contributed by atoms with E-state index in [0.717, 1.165) is 41.8 Å². The monoisotopic (exact) mass is 447 g/mol. The van der Waals surface area contributed by atoms with E-state index in [-0.39, 0.29) is 5.91 Å². The molecule has 0 aliphatic carbocycles. The van der Waals surface area contributed by atoms with Crippen LogP contribution in [-0.4, -0.2) is 43.5 Å². The summed E-state index contributed by atoms with van der Waals surface area (Å²) < 4.78 is 0. The SMILES string of the molecule is CN(C)CCCC1(c2ccccc2)C(=O)N(N(C)Cc2ccc(Cl)cc2)c2ccccc21. The summed E-state index contributed by atoms with van der Waals surface area (Å²) >= 11 is 6.06. The topological polar surface area (TPSA) is 26.8 Å². The second-order valence-corrected chi connectivity index (χ2v) is 9.19. The van der Waals surface area contributed by atoms with Crippen LogP contribution < -0.4 is 5.01 Å². The summed E-state index contributed by atoms with van der Waals surface area (Å²) in [5, 5.41) is 4.59. The molecule has 1 amide bonds. The van der Waals surface area contributed by atoms with E-state index in [1.165, 1.54) is 0 Å². The zero-order chi connectivity index (χ0) is 22.7. The van der Waals surface area contributed by atoms with Crippen LogP contribution in [0.15, 0.2) is 78.9 Å². The molecule has 0 aromatic heterocycles. The fraction of sp³-hybridized carbons (Fsp3) is 0.296. The number of carbonyl (C=O) groups is 1. The van der Waals surface area contributed by atoms with Crippen LogP contribution in [-0.2, 0) is 16.8 Å². The number of hydrogen-bond donors (Lipinski definition) is 0. The van der Waals surface area contributed by atoms with E-state index in [1.54, 1.807) is 0 Å². The fourth-order valence-corrected chi connectivity index (χ4v) is 4.86. The first kappa shape index (κ1) is 22.5. The van der Waals surface area contributed by atoms with Crippen molar-refractivity contribution in [2.45, 2.75) is 24.8 Å². The highest BCUT2D eigenvalue weighted by molar-refractivity contribution is 6.30. The number of hydrazine groups is 1. The molecule has 0 saturated carbocycles. The smallest absolute Gasteiger partial charge is 0.256 e. The van der Waals surface area contributed by atoms with Crippen molar-refractivity contribution in [3.05, 3.63) is 101 Å². The van der Waals surface area contributed by atoms with Gasteiger partial charge in [0, 0.05) is 18.6 Å². The Labute approximate surface area is 196 Å². The van der Waals surface area contributed by atoms with Gasteiger partial charge in [0.2, 0.25) is 0 Å². The number of carbonyl (C=O) groups excluding carboxylic acids is 1. The standard InChI is InChI=1S/C27H30ClN3O/c1-29(2)19-9-18-27(22-10-5-4-6-11-22)24-12-7-8-13-25(24)31(26(27)32)30(3)20-21-14-16-23(28)17-15-21/h4-8,10-17H,9,18-20H2,1-3H3. The second-order valence-electron chi connectivity index (χ2n) is 8.75. The van der Waals surface area contributed by atoms with E-state index < -0.39 is 5.41 Å². The van der Waals surface area contributed by atoms with Gasteiger partial charge in [0.1, 0.15) is 5.41 Å². The molecule has 0 N–H and O–H groups in total. The Kier molecular flexibility index (Phi) is 6.66. The average Bonchev–Trinajstić information content (AvgIpc) is 3.04. The van der Waals surface area contributed by atoms with E-state index in [1.807, 2.05) is 71.7 Å². The first-order valence-electron chi connectivity index (χ1n) is 11.0. The number of amides is 1. The number of anilines is 1. The van der Waals surface area contributed by atoms with E-state index in [0.29, 0.717) is 11.6 Å². The molecule has 1 unspecified atom stereocenters. The van der Waals surface area contributed by atoms with Crippen LogP contribution in [0.1, 0.15) is 29.5 Å². The van der Waals surface area contributed by atoms with Crippen molar-refractivity contribution in [3.63, 3.8) is 0 Å². The number of rotatable bonds is 8. The first-order valence-corrected chi connectivity index (χ1v) is 11.4. The molecule has 1 atom stereocenters. The van der Waals surface area contributed by atoms with Gasteiger partial charge in [-0.05, 0) is 68.4 Å². The van der Waals surface area contributed by atoms with Crippen LogP contribution in [0.5, 0.6) is 0 Å². The van der Waals surface area contributed by atoms with Gasteiger partial charge >= 0.3 is 0 Å². The summed E-state index contributed by atoms with van der Waals surface area (Å²) in [7, 11) is 6.13. The molecule has 32 heavy (non-hydrogen) atoms. The molecule has 1 aliphatic heterocycles. The minimum absolute atomic E-state index is 0.111. The maximum atomic E-state index is 14.3.